The third kappa shape index (κ3) is 3.84. The zero-order chi connectivity index (χ0) is 12.8. The summed E-state index contributed by atoms with van der Waals surface area (Å²) < 4.78 is 5.30. The molecule has 1 fully saturated rings. The first-order valence-corrected chi connectivity index (χ1v) is 6.72. The molecule has 1 aromatic rings. The maximum atomic E-state index is 11.8. The van der Waals surface area contributed by atoms with Gasteiger partial charge in [-0.1, -0.05) is 43.2 Å². The number of benzene rings is 1. The highest BCUT2D eigenvalue weighted by Crippen LogP contribution is 2.24. The van der Waals surface area contributed by atoms with Gasteiger partial charge in [0.1, 0.15) is 6.04 Å². The first-order valence-electron chi connectivity index (χ1n) is 6.72. The third-order valence-electron chi connectivity index (χ3n) is 3.54. The van der Waals surface area contributed by atoms with Crippen molar-refractivity contribution in [3.05, 3.63) is 35.9 Å². The van der Waals surface area contributed by atoms with Crippen LogP contribution in [0.5, 0.6) is 0 Å². The Morgan fingerprint density at radius 2 is 1.94 bits per heavy atom. The van der Waals surface area contributed by atoms with Gasteiger partial charge in [-0.3, -0.25) is 4.79 Å². The summed E-state index contributed by atoms with van der Waals surface area (Å²) in [7, 11) is 0. The van der Waals surface area contributed by atoms with Crippen LogP contribution in [0.25, 0.3) is 0 Å². The first-order chi connectivity index (χ1) is 8.75. The van der Waals surface area contributed by atoms with Crippen LogP contribution in [0.2, 0.25) is 0 Å². The van der Waals surface area contributed by atoms with Crippen LogP contribution in [-0.4, -0.2) is 18.6 Å². The van der Waals surface area contributed by atoms with Gasteiger partial charge < -0.3 is 10.5 Å². The second-order valence-electron chi connectivity index (χ2n) is 5.08. The zero-order valence-corrected chi connectivity index (χ0v) is 10.7. The van der Waals surface area contributed by atoms with E-state index in [-0.39, 0.29) is 5.97 Å². The highest BCUT2D eigenvalue weighted by atomic mass is 16.5. The second kappa shape index (κ2) is 6.55. The molecule has 0 spiro atoms. The fraction of sp³-hybridized carbons (Fsp3) is 0.533. The molecule has 98 valence electrons. The van der Waals surface area contributed by atoms with E-state index in [9.17, 15) is 4.79 Å². The maximum Gasteiger partial charge on any atom is 0.323 e. The van der Waals surface area contributed by atoms with Crippen LogP contribution in [0, 0.1) is 5.92 Å². The number of hydrogen-bond donors (Lipinski definition) is 1. The molecule has 2 N–H and O–H groups in total. The van der Waals surface area contributed by atoms with Crippen LogP contribution in [0.15, 0.2) is 30.3 Å². The van der Waals surface area contributed by atoms with Crippen molar-refractivity contribution in [1.82, 2.24) is 0 Å². The van der Waals surface area contributed by atoms with Crippen molar-refractivity contribution in [3.63, 3.8) is 0 Å². The largest absolute Gasteiger partial charge is 0.464 e. The van der Waals surface area contributed by atoms with Gasteiger partial charge in [-0.25, -0.2) is 0 Å². The van der Waals surface area contributed by atoms with Crippen molar-refractivity contribution in [1.29, 1.82) is 0 Å². The van der Waals surface area contributed by atoms with E-state index in [4.69, 9.17) is 10.5 Å². The second-order valence-corrected chi connectivity index (χ2v) is 5.08. The van der Waals surface area contributed by atoms with Gasteiger partial charge in [0.05, 0.1) is 6.61 Å². The minimum atomic E-state index is -0.547. The molecule has 1 aliphatic rings. The molecule has 3 nitrogen and oxygen atoms in total. The molecule has 0 aromatic heterocycles. The first kappa shape index (κ1) is 13.1. The van der Waals surface area contributed by atoms with Crippen molar-refractivity contribution in [3.8, 4) is 0 Å². The van der Waals surface area contributed by atoms with Crippen LogP contribution in [0.4, 0.5) is 0 Å². The summed E-state index contributed by atoms with van der Waals surface area (Å²) in [6, 6.07) is 9.26. The minimum absolute atomic E-state index is 0.272. The standard InChI is InChI=1S/C15H21NO2/c16-14(10-12-6-2-1-3-7-12)15(17)18-11-13-8-4-5-9-13/h1-3,6-7,13-14H,4-5,8-11,16H2. The van der Waals surface area contributed by atoms with E-state index < -0.39 is 6.04 Å². The number of esters is 1. The van der Waals surface area contributed by atoms with Crippen LogP contribution >= 0.6 is 0 Å². The summed E-state index contributed by atoms with van der Waals surface area (Å²) in [5, 5.41) is 0. The van der Waals surface area contributed by atoms with Gasteiger partial charge in [0.2, 0.25) is 0 Å². The highest BCUT2D eigenvalue weighted by Gasteiger charge is 2.20. The third-order valence-corrected chi connectivity index (χ3v) is 3.54. The molecule has 0 aliphatic heterocycles. The number of ether oxygens (including phenoxy) is 1. The molecule has 1 unspecified atom stereocenters. The molecule has 18 heavy (non-hydrogen) atoms. The molecule has 0 heterocycles. The average Bonchev–Trinajstić information content (AvgIpc) is 2.90. The summed E-state index contributed by atoms with van der Waals surface area (Å²) in [5.41, 5.74) is 6.93. The van der Waals surface area contributed by atoms with E-state index >= 15 is 0 Å². The van der Waals surface area contributed by atoms with Gasteiger partial charge >= 0.3 is 5.97 Å². The van der Waals surface area contributed by atoms with Gasteiger partial charge in [-0.05, 0) is 30.7 Å². The molecule has 0 radical (unpaired) electrons. The van der Waals surface area contributed by atoms with Gasteiger partial charge in [0.15, 0.2) is 0 Å². The molecule has 0 bridgehead atoms. The van der Waals surface area contributed by atoms with E-state index in [0.29, 0.717) is 18.9 Å². The number of hydrogen-bond acceptors (Lipinski definition) is 3. The van der Waals surface area contributed by atoms with Crippen molar-refractivity contribution in [2.75, 3.05) is 6.61 Å². The molecule has 1 saturated carbocycles. The van der Waals surface area contributed by atoms with E-state index in [1.54, 1.807) is 0 Å². The molecule has 3 heteroatoms. The van der Waals surface area contributed by atoms with Crippen LogP contribution in [0.1, 0.15) is 31.2 Å². The number of nitrogens with two attached hydrogens (primary N) is 1. The lowest BCUT2D eigenvalue weighted by molar-refractivity contribution is -0.146. The Hall–Kier alpha value is -1.35. The lowest BCUT2D eigenvalue weighted by Crippen LogP contribution is -2.35. The molecular formula is C15H21NO2. The zero-order valence-electron chi connectivity index (χ0n) is 10.7. The predicted molar refractivity (Wildman–Crippen MR) is 71.0 cm³/mol. The van der Waals surface area contributed by atoms with E-state index in [1.165, 1.54) is 25.7 Å². The monoisotopic (exact) mass is 247 g/mol. The molecule has 1 atom stereocenters. The Kier molecular flexibility index (Phi) is 4.76. The van der Waals surface area contributed by atoms with Crippen LogP contribution in [-0.2, 0) is 16.0 Å². The summed E-state index contributed by atoms with van der Waals surface area (Å²) >= 11 is 0. The fourth-order valence-electron chi connectivity index (χ4n) is 2.44. The van der Waals surface area contributed by atoms with Gasteiger partial charge in [0, 0.05) is 0 Å². The van der Waals surface area contributed by atoms with Crippen molar-refractivity contribution in [2.45, 2.75) is 38.1 Å². The maximum absolute atomic E-state index is 11.8. The summed E-state index contributed by atoms with van der Waals surface area (Å²) in [6.07, 6.45) is 5.43. The molecule has 2 rings (SSSR count). The molecule has 1 aromatic carbocycles. The van der Waals surface area contributed by atoms with Crippen molar-refractivity contribution >= 4 is 5.97 Å². The van der Waals surface area contributed by atoms with Crippen molar-refractivity contribution < 1.29 is 9.53 Å². The Balaban J connectivity index is 1.74. The lowest BCUT2D eigenvalue weighted by Gasteiger charge is -2.14. The average molecular weight is 247 g/mol. The van der Waals surface area contributed by atoms with Gasteiger partial charge in [-0.2, -0.15) is 0 Å². The SMILES string of the molecule is NC(Cc1ccccc1)C(=O)OCC1CCCC1. The van der Waals surface area contributed by atoms with Gasteiger partial charge in [0.25, 0.3) is 0 Å². The highest BCUT2D eigenvalue weighted by molar-refractivity contribution is 5.75. The summed E-state index contributed by atoms with van der Waals surface area (Å²) in [4.78, 5) is 11.8. The topological polar surface area (TPSA) is 52.3 Å². The molecule has 0 amide bonds. The molecule has 1 aliphatic carbocycles. The number of rotatable bonds is 5. The smallest absolute Gasteiger partial charge is 0.323 e. The predicted octanol–water partition coefficient (Wildman–Crippen LogP) is 2.29. The molecule has 0 saturated heterocycles. The Bertz CT molecular complexity index is 371. The minimum Gasteiger partial charge on any atom is -0.464 e. The Morgan fingerprint density at radius 3 is 2.61 bits per heavy atom. The van der Waals surface area contributed by atoms with E-state index in [0.717, 1.165) is 5.56 Å². The summed E-state index contributed by atoms with van der Waals surface area (Å²) in [6.45, 7) is 0.543. The number of carbonyl (C=O) groups is 1. The van der Waals surface area contributed by atoms with Gasteiger partial charge in [-0.15, -0.1) is 0 Å². The van der Waals surface area contributed by atoms with Crippen LogP contribution in [0.3, 0.4) is 0 Å². The van der Waals surface area contributed by atoms with Crippen LogP contribution < -0.4 is 5.73 Å². The van der Waals surface area contributed by atoms with E-state index in [2.05, 4.69) is 0 Å². The lowest BCUT2D eigenvalue weighted by atomic mass is 10.1. The quantitative estimate of drug-likeness (QED) is 0.812. The molecular weight excluding hydrogens is 226 g/mol. The Morgan fingerprint density at radius 1 is 1.28 bits per heavy atom. The summed E-state index contributed by atoms with van der Waals surface area (Å²) in [5.74, 6) is 0.281. The van der Waals surface area contributed by atoms with E-state index in [1.807, 2.05) is 30.3 Å². The Labute approximate surface area is 108 Å². The van der Waals surface area contributed by atoms with Crippen molar-refractivity contribution in [2.24, 2.45) is 11.7 Å². The fourth-order valence-corrected chi connectivity index (χ4v) is 2.44. The normalized spacial score (nSPS) is 17.6. The number of carbonyl (C=O) groups excluding carboxylic acids is 1.